The molecule has 0 amide bonds. The van der Waals surface area contributed by atoms with Gasteiger partial charge in [0, 0.05) is 49.6 Å². The summed E-state index contributed by atoms with van der Waals surface area (Å²) in [5.41, 5.74) is 9.41. The standard InChI is InChI=1S/C67H45N7Si/c1-7-24-46(25-8-1)55-44-56(47-26-9-2-10-27-47)69-66(68-55)67-70-57(48-28-11-3-12-29-48)45-62(72-67)73-59-39-22-20-37-54(59)64-60(73)43-42-53-52-36-19-21-38-58(52)74(65(53)64)61-40-23-41-63(71-61)75(49-30-13-4-14-31-49,50-32-15-5-16-33-50)51-34-17-6-18-35-51/h1-45H. The first kappa shape index (κ1) is 43.9. The SMILES string of the molecule is c1ccc(-c2cc(-c3ccccc3)nc(-c3nc(-c4ccccc4)cc(-n4c5ccccc5c5c4ccc4c6ccccc6n(-c6cccc([Si](c7ccccc7)(c7ccccc7)c7ccccc7)n6)c45)n3)n2)cc1. The van der Waals surface area contributed by atoms with E-state index in [2.05, 4.69) is 221 Å². The number of hydrogen-bond donors (Lipinski definition) is 0. The smallest absolute Gasteiger partial charge is 0.201 e. The maximum absolute atomic E-state index is 5.90. The molecule has 5 heterocycles. The van der Waals surface area contributed by atoms with Crippen LogP contribution in [0.2, 0.25) is 0 Å². The van der Waals surface area contributed by atoms with Gasteiger partial charge in [-0.05, 0) is 52.0 Å². The Morgan fingerprint density at radius 2 is 0.720 bits per heavy atom. The van der Waals surface area contributed by atoms with Crippen molar-refractivity contribution in [3.8, 4) is 57.1 Å². The van der Waals surface area contributed by atoms with Crippen molar-refractivity contribution in [3.05, 3.63) is 273 Å². The van der Waals surface area contributed by atoms with Gasteiger partial charge in [0.2, 0.25) is 8.07 Å². The summed E-state index contributed by atoms with van der Waals surface area (Å²) in [6.45, 7) is 0. The van der Waals surface area contributed by atoms with Crippen molar-refractivity contribution < 1.29 is 0 Å². The van der Waals surface area contributed by atoms with E-state index in [4.69, 9.17) is 24.9 Å². The fourth-order valence-corrected chi connectivity index (χ4v) is 15.8. The van der Waals surface area contributed by atoms with Crippen molar-refractivity contribution in [1.29, 1.82) is 0 Å². The van der Waals surface area contributed by atoms with Crippen LogP contribution in [0.1, 0.15) is 0 Å². The number of fused-ring (bicyclic) bond motifs is 7. The van der Waals surface area contributed by atoms with Crippen LogP contribution in [0.5, 0.6) is 0 Å². The predicted molar refractivity (Wildman–Crippen MR) is 309 cm³/mol. The molecule has 0 unspecified atom stereocenters. The van der Waals surface area contributed by atoms with Crippen LogP contribution < -0.4 is 20.9 Å². The minimum atomic E-state index is -2.98. The largest absolute Gasteiger partial charge is 0.294 e. The van der Waals surface area contributed by atoms with Crippen LogP contribution >= 0.6 is 0 Å². The van der Waals surface area contributed by atoms with Crippen molar-refractivity contribution in [2.75, 3.05) is 0 Å². The number of para-hydroxylation sites is 2. The second kappa shape index (κ2) is 18.3. The first-order chi connectivity index (χ1) is 37.2. The third-order valence-electron chi connectivity index (χ3n) is 14.5. The Kier molecular flexibility index (Phi) is 10.7. The zero-order valence-electron chi connectivity index (χ0n) is 40.6. The highest BCUT2D eigenvalue weighted by atomic mass is 28.3. The maximum Gasteiger partial charge on any atom is 0.201 e. The Balaban J connectivity index is 1.04. The third-order valence-corrected chi connectivity index (χ3v) is 19.2. The zero-order chi connectivity index (χ0) is 49.7. The van der Waals surface area contributed by atoms with Gasteiger partial charge in [0.05, 0.1) is 39.1 Å². The minimum absolute atomic E-state index is 0.423. The molecule has 0 radical (unpaired) electrons. The highest BCUT2D eigenvalue weighted by Gasteiger charge is 2.43. The molecule has 0 saturated carbocycles. The molecule has 0 aliphatic heterocycles. The molecule has 8 heteroatoms. The van der Waals surface area contributed by atoms with Gasteiger partial charge in [-0.15, -0.1) is 0 Å². The minimum Gasteiger partial charge on any atom is -0.294 e. The second-order valence-corrected chi connectivity index (χ2v) is 22.5. The number of benzene rings is 9. The summed E-state index contributed by atoms with van der Waals surface area (Å²) in [4.78, 5) is 27.1. The summed E-state index contributed by atoms with van der Waals surface area (Å²) < 4.78 is 4.67. The Labute approximate surface area is 434 Å². The Bertz CT molecular complexity index is 4240. The number of pyridine rings is 1. The second-order valence-electron chi connectivity index (χ2n) is 18.8. The lowest BCUT2D eigenvalue weighted by Crippen LogP contribution is -2.75. The fourth-order valence-electron chi connectivity index (χ4n) is 11.2. The van der Waals surface area contributed by atoms with Crippen molar-refractivity contribution in [2.45, 2.75) is 0 Å². The molecular weight excluding hydrogens is 931 g/mol. The molecule has 5 aromatic heterocycles. The van der Waals surface area contributed by atoms with E-state index < -0.39 is 8.07 Å². The van der Waals surface area contributed by atoms with Crippen LogP contribution in [0.3, 0.4) is 0 Å². The summed E-state index contributed by atoms with van der Waals surface area (Å²) >= 11 is 0. The van der Waals surface area contributed by atoms with Gasteiger partial charge in [-0.2, -0.15) is 0 Å². The highest BCUT2D eigenvalue weighted by Crippen LogP contribution is 2.42. The van der Waals surface area contributed by atoms with Gasteiger partial charge in [-0.3, -0.25) is 9.13 Å². The molecule has 9 aromatic carbocycles. The molecule has 0 atom stereocenters. The Morgan fingerprint density at radius 1 is 0.280 bits per heavy atom. The summed E-state index contributed by atoms with van der Waals surface area (Å²) in [6.07, 6.45) is 0. The molecule has 14 aromatic rings. The van der Waals surface area contributed by atoms with Crippen LogP contribution in [0.4, 0.5) is 0 Å². The van der Waals surface area contributed by atoms with Gasteiger partial charge in [-0.1, -0.05) is 231 Å². The highest BCUT2D eigenvalue weighted by molar-refractivity contribution is 7.19. The summed E-state index contributed by atoms with van der Waals surface area (Å²) in [7, 11) is -2.98. The van der Waals surface area contributed by atoms with Crippen molar-refractivity contribution in [3.63, 3.8) is 0 Å². The fraction of sp³-hybridized carbons (Fsp3) is 0. The van der Waals surface area contributed by atoms with E-state index in [9.17, 15) is 0 Å². The monoisotopic (exact) mass is 975 g/mol. The molecule has 0 aliphatic rings. The van der Waals surface area contributed by atoms with Gasteiger partial charge in [-0.25, -0.2) is 24.9 Å². The molecule has 14 rings (SSSR count). The molecule has 0 N–H and O–H groups in total. The van der Waals surface area contributed by atoms with Crippen molar-refractivity contribution >= 4 is 72.6 Å². The molecular formula is C67H45N7Si. The van der Waals surface area contributed by atoms with E-state index in [-0.39, 0.29) is 0 Å². The van der Waals surface area contributed by atoms with Crippen LogP contribution in [0.15, 0.2) is 273 Å². The molecule has 0 saturated heterocycles. The van der Waals surface area contributed by atoms with E-state index >= 15 is 0 Å². The first-order valence-electron chi connectivity index (χ1n) is 25.3. The zero-order valence-corrected chi connectivity index (χ0v) is 41.6. The molecule has 352 valence electrons. The Morgan fingerprint density at radius 3 is 1.25 bits per heavy atom. The van der Waals surface area contributed by atoms with Gasteiger partial charge in [0.25, 0.3) is 0 Å². The third kappa shape index (κ3) is 7.38. The number of nitrogens with zero attached hydrogens (tertiary/aromatic N) is 7. The van der Waals surface area contributed by atoms with Crippen LogP contribution in [0, 0.1) is 0 Å². The molecule has 0 spiro atoms. The van der Waals surface area contributed by atoms with Crippen molar-refractivity contribution in [1.82, 2.24) is 34.1 Å². The normalized spacial score (nSPS) is 11.7. The average molecular weight is 976 g/mol. The van der Waals surface area contributed by atoms with E-state index in [1.807, 2.05) is 60.7 Å². The lowest BCUT2D eigenvalue weighted by Gasteiger charge is -2.33. The van der Waals surface area contributed by atoms with E-state index in [0.29, 0.717) is 17.5 Å². The van der Waals surface area contributed by atoms with Gasteiger partial charge >= 0.3 is 0 Å². The lowest BCUT2D eigenvalue weighted by molar-refractivity contribution is 1.02. The first-order valence-corrected chi connectivity index (χ1v) is 27.3. The van der Waals surface area contributed by atoms with E-state index in [0.717, 1.165) is 88.5 Å². The number of hydrogen-bond acceptors (Lipinski definition) is 5. The van der Waals surface area contributed by atoms with Gasteiger partial charge < -0.3 is 0 Å². The van der Waals surface area contributed by atoms with E-state index in [1.54, 1.807) is 0 Å². The molecule has 0 fully saturated rings. The molecule has 0 aliphatic carbocycles. The average Bonchev–Trinajstić information content (AvgIpc) is 4.04. The summed E-state index contributed by atoms with van der Waals surface area (Å²) in [5.74, 6) is 2.41. The van der Waals surface area contributed by atoms with E-state index in [1.165, 1.54) is 15.6 Å². The molecule has 0 bridgehead atoms. The van der Waals surface area contributed by atoms with Crippen molar-refractivity contribution in [2.24, 2.45) is 0 Å². The summed E-state index contributed by atoms with van der Waals surface area (Å²) in [5, 5.41) is 9.34. The molecule has 7 nitrogen and oxygen atoms in total. The quantitative estimate of drug-likeness (QED) is 0.101. The van der Waals surface area contributed by atoms with Gasteiger partial charge in [0.15, 0.2) is 11.6 Å². The maximum atomic E-state index is 5.90. The number of rotatable bonds is 10. The summed E-state index contributed by atoms with van der Waals surface area (Å²) in [6, 6.07) is 96.4. The molecule has 75 heavy (non-hydrogen) atoms. The Hall–Kier alpha value is -9.89. The lowest BCUT2D eigenvalue weighted by atomic mass is 10.1. The van der Waals surface area contributed by atoms with Crippen LogP contribution in [-0.2, 0) is 0 Å². The predicted octanol–water partition coefficient (Wildman–Crippen LogP) is 12.9. The van der Waals surface area contributed by atoms with Crippen LogP contribution in [-0.4, -0.2) is 42.1 Å². The van der Waals surface area contributed by atoms with Gasteiger partial charge in [0.1, 0.15) is 11.6 Å². The number of aromatic nitrogens is 7. The topological polar surface area (TPSA) is 74.3 Å². The van der Waals surface area contributed by atoms with Crippen LogP contribution in [0.25, 0.3) is 101 Å².